The van der Waals surface area contributed by atoms with E-state index in [0.717, 1.165) is 41.0 Å². The molecule has 0 fully saturated rings. The van der Waals surface area contributed by atoms with Crippen molar-refractivity contribution >= 4 is 16.9 Å². The summed E-state index contributed by atoms with van der Waals surface area (Å²) < 4.78 is 13.8. The monoisotopic (exact) mass is 393 g/mol. The summed E-state index contributed by atoms with van der Waals surface area (Å²) in [6.07, 6.45) is 1.55. The summed E-state index contributed by atoms with van der Waals surface area (Å²) in [6.45, 7) is 2.51. The zero-order valence-electron chi connectivity index (χ0n) is 17.7. The van der Waals surface area contributed by atoms with Crippen LogP contribution in [0.4, 0.5) is 0 Å². The van der Waals surface area contributed by atoms with Crippen LogP contribution in [-0.2, 0) is 24.8 Å². The number of amides is 1. The summed E-state index contributed by atoms with van der Waals surface area (Å²) in [6, 6.07) is 10.2. The Bertz CT molecular complexity index is 1080. The fourth-order valence-electron chi connectivity index (χ4n) is 4.09. The molecule has 0 aliphatic carbocycles. The molecule has 0 spiro atoms. The minimum Gasteiger partial charge on any atom is -0.483 e. The highest BCUT2D eigenvalue weighted by atomic mass is 16.5. The molecule has 6 heteroatoms. The summed E-state index contributed by atoms with van der Waals surface area (Å²) in [5.41, 5.74) is 5.70. The van der Waals surface area contributed by atoms with Gasteiger partial charge in [-0.25, -0.2) is 4.98 Å². The molecule has 1 aliphatic rings. The smallest absolute Gasteiger partial charge is 0.253 e. The Morgan fingerprint density at radius 2 is 2.10 bits per heavy atom. The lowest BCUT2D eigenvalue weighted by molar-refractivity contribution is 0.0823. The highest BCUT2D eigenvalue weighted by Crippen LogP contribution is 2.42. The van der Waals surface area contributed by atoms with Gasteiger partial charge in [-0.1, -0.05) is 24.3 Å². The third kappa shape index (κ3) is 3.27. The SMILES string of the molecule is COCc1nc2c3c(c(C(=O)N(C)C)cc2n1C)CC[C@@H](c1ccccc1C)O3. The molecule has 1 aromatic heterocycles. The average molecular weight is 393 g/mol. The first-order chi connectivity index (χ1) is 13.9. The molecule has 1 aliphatic heterocycles. The fourth-order valence-corrected chi connectivity index (χ4v) is 4.09. The lowest BCUT2D eigenvalue weighted by Gasteiger charge is -2.29. The molecule has 0 bridgehead atoms. The number of hydrogen-bond donors (Lipinski definition) is 0. The molecule has 0 saturated heterocycles. The average Bonchev–Trinajstić information content (AvgIpc) is 3.03. The number of carbonyl (C=O) groups excluding carboxylic acids is 1. The third-order valence-electron chi connectivity index (χ3n) is 5.69. The Morgan fingerprint density at radius 1 is 1.34 bits per heavy atom. The van der Waals surface area contributed by atoms with Crippen molar-refractivity contribution in [1.82, 2.24) is 14.5 Å². The molecule has 1 atom stereocenters. The fraction of sp³-hybridized carbons (Fsp3) is 0.391. The Kier molecular flexibility index (Phi) is 5.04. The number of rotatable bonds is 4. The number of fused-ring (bicyclic) bond motifs is 3. The van der Waals surface area contributed by atoms with Crippen molar-refractivity contribution in [2.24, 2.45) is 7.05 Å². The van der Waals surface area contributed by atoms with Crippen LogP contribution in [0.3, 0.4) is 0 Å². The molecule has 29 heavy (non-hydrogen) atoms. The predicted octanol–water partition coefficient (Wildman–Crippen LogP) is 3.80. The summed E-state index contributed by atoms with van der Waals surface area (Å²) in [4.78, 5) is 19.3. The molecule has 2 aromatic carbocycles. The van der Waals surface area contributed by atoms with Crippen molar-refractivity contribution in [1.29, 1.82) is 0 Å². The Morgan fingerprint density at radius 3 is 2.79 bits per heavy atom. The van der Waals surface area contributed by atoms with Gasteiger partial charge in [0.2, 0.25) is 0 Å². The number of hydrogen-bond acceptors (Lipinski definition) is 4. The highest BCUT2D eigenvalue weighted by molar-refractivity contribution is 6.01. The van der Waals surface area contributed by atoms with E-state index in [0.29, 0.717) is 12.2 Å². The van der Waals surface area contributed by atoms with Crippen LogP contribution in [0.15, 0.2) is 30.3 Å². The van der Waals surface area contributed by atoms with E-state index in [1.807, 2.05) is 29.8 Å². The molecule has 2 heterocycles. The minimum absolute atomic E-state index is 0.0180. The normalized spacial score (nSPS) is 15.8. The standard InChI is InChI=1S/C23H27N3O3/c1-14-8-6-7-9-15(14)19-11-10-16-17(23(27)25(2)3)12-18-21(22(16)29-19)24-20(13-28-5)26(18)4/h6-9,12,19H,10-11,13H2,1-5H3/t19-/m0/s1. The van der Waals surface area contributed by atoms with E-state index in [1.165, 1.54) is 11.1 Å². The van der Waals surface area contributed by atoms with E-state index in [-0.39, 0.29) is 12.0 Å². The summed E-state index contributed by atoms with van der Waals surface area (Å²) in [7, 11) is 7.15. The molecule has 152 valence electrons. The zero-order chi connectivity index (χ0) is 20.7. The van der Waals surface area contributed by atoms with Crippen LogP contribution in [-0.4, -0.2) is 41.6 Å². The third-order valence-corrected chi connectivity index (χ3v) is 5.69. The van der Waals surface area contributed by atoms with Crippen molar-refractivity contribution in [3.63, 3.8) is 0 Å². The van der Waals surface area contributed by atoms with E-state index in [9.17, 15) is 4.79 Å². The summed E-state index contributed by atoms with van der Waals surface area (Å²) in [5, 5.41) is 0. The number of nitrogens with zero attached hydrogens (tertiary/aromatic N) is 3. The van der Waals surface area contributed by atoms with Crippen molar-refractivity contribution in [3.05, 3.63) is 58.4 Å². The molecule has 0 unspecified atom stereocenters. The Hall–Kier alpha value is -2.86. The van der Waals surface area contributed by atoms with Crippen molar-refractivity contribution in [2.75, 3.05) is 21.2 Å². The van der Waals surface area contributed by atoms with Crippen molar-refractivity contribution in [2.45, 2.75) is 32.5 Å². The number of methoxy groups -OCH3 is 1. The van der Waals surface area contributed by atoms with Gasteiger partial charge >= 0.3 is 0 Å². The number of aromatic nitrogens is 2. The van der Waals surface area contributed by atoms with E-state index >= 15 is 0 Å². The molecule has 6 nitrogen and oxygen atoms in total. The topological polar surface area (TPSA) is 56.6 Å². The largest absolute Gasteiger partial charge is 0.483 e. The Balaban J connectivity index is 1.90. The van der Waals surface area contributed by atoms with Gasteiger partial charge in [-0.2, -0.15) is 0 Å². The van der Waals surface area contributed by atoms with Crippen LogP contribution in [0.5, 0.6) is 5.75 Å². The van der Waals surface area contributed by atoms with Crippen LogP contribution in [0.2, 0.25) is 0 Å². The van der Waals surface area contributed by atoms with Gasteiger partial charge in [0, 0.05) is 39.4 Å². The second-order valence-electron chi connectivity index (χ2n) is 7.82. The van der Waals surface area contributed by atoms with Gasteiger partial charge in [-0.05, 0) is 37.0 Å². The molecule has 1 amide bonds. The van der Waals surface area contributed by atoms with Gasteiger partial charge in [-0.3, -0.25) is 4.79 Å². The first kappa shape index (κ1) is 19.5. The molecular weight excluding hydrogens is 366 g/mol. The lowest BCUT2D eigenvalue weighted by atomic mass is 9.91. The predicted molar refractivity (Wildman–Crippen MR) is 112 cm³/mol. The molecule has 4 rings (SSSR count). The van der Waals surface area contributed by atoms with Gasteiger partial charge in [0.05, 0.1) is 5.52 Å². The maximum atomic E-state index is 12.9. The van der Waals surface area contributed by atoms with Gasteiger partial charge in [0.15, 0.2) is 5.75 Å². The first-order valence-electron chi connectivity index (χ1n) is 9.86. The number of benzene rings is 2. The van der Waals surface area contributed by atoms with Crippen LogP contribution < -0.4 is 4.74 Å². The highest BCUT2D eigenvalue weighted by Gasteiger charge is 2.30. The van der Waals surface area contributed by atoms with Crippen LogP contribution >= 0.6 is 0 Å². The second-order valence-corrected chi connectivity index (χ2v) is 7.82. The molecule has 0 radical (unpaired) electrons. The van der Waals surface area contributed by atoms with E-state index in [4.69, 9.17) is 14.5 Å². The maximum Gasteiger partial charge on any atom is 0.253 e. The second kappa shape index (κ2) is 7.52. The van der Waals surface area contributed by atoms with Crippen LogP contribution in [0, 0.1) is 6.92 Å². The first-order valence-corrected chi connectivity index (χ1v) is 9.86. The summed E-state index contributed by atoms with van der Waals surface area (Å²) >= 11 is 0. The number of ether oxygens (including phenoxy) is 2. The van der Waals surface area contributed by atoms with Gasteiger partial charge in [0.25, 0.3) is 5.91 Å². The molecule has 3 aromatic rings. The minimum atomic E-state index is -0.0514. The van der Waals surface area contributed by atoms with Gasteiger partial charge in [-0.15, -0.1) is 0 Å². The van der Waals surface area contributed by atoms with Crippen molar-refractivity contribution < 1.29 is 14.3 Å². The zero-order valence-corrected chi connectivity index (χ0v) is 17.7. The van der Waals surface area contributed by atoms with Crippen molar-refractivity contribution in [3.8, 4) is 5.75 Å². The number of carbonyl (C=O) groups is 1. The maximum absolute atomic E-state index is 12.9. The van der Waals surface area contributed by atoms with E-state index in [1.54, 1.807) is 26.1 Å². The number of imidazole rings is 1. The Labute approximate surface area is 171 Å². The lowest BCUT2D eigenvalue weighted by Crippen LogP contribution is -2.25. The van der Waals surface area contributed by atoms with E-state index < -0.39 is 0 Å². The quantitative estimate of drug-likeness (QED) is 0.677. The van der Waals surface area contributed by atoms with Gasteiger partial charge < -0.3 is 18.9 Å². The van der Waals surface area contributed by atoms with E-state index in [2.05, 4.69) is 19.1 Å². The van der Waals surface area contributed by atoms with Crippen LogP contribution in [0.25, 0.3) is 11.0 Å². The van der Waals surface area contributed by atoms with Gasteiger partial charge in [0.1, 0.15) is 24.1 Å². The summed E-state index contributed by atoms with van der Waals surface area (Å²) in [5.74, 6) is 1.52. The number of aryl methyl sites for hydroxylation is 2. The molecule has 0 saturated carbocycles. The van der Waals surface area contributed by atoms with Crippen LogP contribution in [0.1, 0.15) is 45.4 Å². The molecular formula is C23H27N3O3. The molecule has 0 N–H and O–H groups in total.